The van der Waals surface area contributed by atoms with Crippen molar-refractivity contribution in [3.05, 3.63) is 60.2 Å². The molecule has 0 radical (unpaired) electrons. The summed E-state index contributed by atoms with van der Waals surface area (Å²) in [4.78, 5) is 16.4. The molecule has 6 heteroatoms. The molecule has 29 heavy (non-hydrogen) atoms. The monoisotopic (exact) mass is 394 g/mol. The Kier molecular flexibility index (Phi) is 7.92. The van der Waals surface area contributed by atoms with Crippen molar-refractivity contribution >= 4 is 17.6 Å². The molecule has 2 aromatic carbocycles. The van der Waals surface area contributed by atoms with Crippen LogP contribution in [0.1, 0.15) is 31.2 Å². The number of guanidine groups is 1. The van der Waals surface area contributed by atoms with E-state index in [0.29, 0.717) is 13.2 Å². The van der Waals surface area contributed by atoms with Gasteiger partial charge in [0.1, 0.15) is 5.75 Å². The fourth-order valence-electron chi connectivity index (χ4n) is 3.07. The highest BCUT2D eigenvalue weighted by molar-refractivity contribution is 5.93. The Hall–Kier alpha value is -3.02. The van der Waals surface area contributed by atoms with E-state index in [1.807, 2.05) is 54.6 Å². The van der Waals surface area contributed by atoms with Crippen molar-refractivity contribution in [1.82, 2.24) is 10.6 Å². The van der Waals surface area contributed by atoms with E-state index in [1.54, 1.807) is 7.05 Å². The molecule has 1 saturated carbocycles. The molecule has 154 valence electrons. The van der Waals surface area contributed by atoms with Crippen molar-refractivity contribution in [3.63, 3.8) is 0 Å². The summed E-state index contributed by atoms with van der Waals surface area (Å²) in [6.07, 6.45) is 4.04. The van der Waals surface area contributed by atoms with Crippen molar-refractivity contribution in [2.75, 3.05) is 25.5 Å². The number of rotatable bonds is 9. The highest BCUT2D eigenvalue weighted by Gasteiger charge is 2.25. The number of anilines is 1. The van der Waals surface area contributed by atoms with Gasteiger partial charge >= 0.3 is 0 Å². The topological polar surface area (TPSA) is 74.8 Å². The number of nitrogens with zero attached hydrogens (tertiary/aromatic N) is 1. The maximum Gasteiger partial charge on any atom is 0.227 e. The molecule has 1 amide bonds. The van der Waals surface area contributed by atoms with Crippen molar-refractivity contribution in [1.29, 1.82) is 0 Å². The molecule has 0 unspecified atom stereocenters. The van der Waals surface area contributed by atoms with Gasteiger partial charge in [-0.1, -0.05) is 36.8 Å². The number of carbonyl (C=O) groups excluding carboxylic acids is 1. The third-order valence-electron chi connectivity index (χ3n) is 4.98. The quantitative estimate of drug-likeness (QED) is 0.345. The number of para-hydroxylation sites is 1. The van der Waals surface area contributed by atoms with Gasteiger partial charge in [-0.15, -0.1) is 0 Å². The van der Waals surface area contributed by atoms with Crippen LogP contribution in [0.5, 0.6) is 5.75 Å². The van der Waals surface area contributed by atoms with Crippen molar-refractivity contribution in [2.24, 2.45) is 10.9 Å². The van der Waals surface area contributed by atoms with E-state index in [4.69, 9.17) is 4.74 Å². The zero-order valence-corrected chi connectivity index (χ0v) is 17.0. The minimum Gasteiger partial charge on any atom is -0.494 e. The summed E-state index contributed by atoms with van der Waals surface area (Å²) in [7, 11) is 1.76. The molecular weight excluding hydrogens is 364 g/mol. The first kappa shape index (κ1) is 20.7. The standard InChI is InChI=1S/C23H30N4O2/c1-24-23(25-14-7-15-29-21-12-3-2-4-13-21)26-17-18-8-5-11-20(16-18)27-22(28)19-9-6-10-19/h2-5,8,11-13,16,19H,6-7,9-10,14-15,17H2,1H3,(H,27,28)(H2,24,25,26). The van der Waals surface area contributed by atoms with Crippen molar-refractivity contribution in [2.45, 2.75) is 32.2 Å². The van der Waals surface area contributed by atoms with Crippen LogP contribution in [0.15, 0.2) is 59.6 Å². The molecule has 3 N–H and O–H groups in total. The smallest absolute Gasteiger partial charge is 0.227 e. The SMILES string of the molecule is CN=C(NCCCOc1ccccc1)NCc1cccc(NC(=O)C2CCC2)c1. The van der Waals surface area contributed by atoms with Gasteiger partial charge in [-0.2, -0.15) is 0 Å². The van der Waals surface area contributed by atoms with Crippen LogP contribution in [0.25, 0.3) is 0 Å². The van der Waals surface area contributed by atoms with Gasteiger partial charge in [0.05, 0.1) is 6.61 Å². The number of hydrogen-bond donors (Lipinski definition) is 3. The van der Waals surface area contributed by atoms with Crippen LogP contribution in [0.4, 0.5) is 5.69 Å². The molecule has 0 bridgehead atoms. The van der Waals surface area contributed by atoms with Crippen LogP contribution >= 0.6 is 0 Å². The minimum absolute atomic E-state index is 0.136. The fourth-order valence-corrected chi connectivity index (χ4v) is 3.07. The zero-order valence-electron chi connectivity index (χ0n) is 17.0. The fraction of sp³-hybridized carbons (Fsp3) is 0.391. The van der Waals surface area contributed by atoms with Crippen LogP contribution in [-0.4, -0.2) is 32.1 Å². The van der Waals surface area contributed by atoms with E-state index >= 15 is 0 Å². The molecule has 3 rings (SSSR count). The van der Waals surface area contributed by atoms with Gasteiger partial charge in [0.25, 0.3) is 0 Å². The number of ether oxygens (including phenoxy) is 1. The maximum absolute atomic E-state index is 12.1. The van der Waals surface area contributed by atoms with Gasteiger partial charge in [0.2, 0.25) is 5.91 Å². The average molecular weight is 395 g/mol. The van der Waals surface area contributed by atoms with Crippen molar-refractivity contribution in [3.8, 4) is 5.75 Å². The first-order chi connectivity index (χ1) is 14.2. The molecule has 0 saturated heterocycles. The Morgan fingerprint density at radius 3 is 2.66 bits per heavy atom. The molecule has 0 aromatic heterocycles. The lowest BCUT2D eigenvalue weighted by atomic mass is 9.85. The predicted molar refractivity (Wildman–Crippen MR) is 117 cm³/mol. The molecule has 0 aliphatic heterocycles. The normalized spacial score (nSPS) is 14.0. The van der Waals surface area contributed by atoms with Crippen LogP contribution < -0.4 is 20.7 Å². The second kappa shape index (κ2) is 11.1. The van der Waals surface area contributed by atoms with E-state index in [9.17, 15) is 4.79 Å². The summed E-state index contributed by atoms with van der Waals surface area (Å²) in [5, 5.41) is 9.62. The van der Waals surface area contributed by atoms with E-state index in [1.165, 1.54) is 0 Å². The van der Waals surface area contributed by atoms with Gasteiger partial charge < -0.3 is 20.7 Å². The molecule has 1 aliphatic rings. The molecule has 1 fully saturated rings. The van der Waals surface area contributed by atoms with E-state index < -0.39 is 0 Å². The largest absolute Gasteiger partial charge is 0.494 e. The summed E-state index contributed by atoms with van der Waals surface area (Å²) in [6, 6.07) is 17.7. The minimum atomic E-state index is 0.136. The number of nitrogens with one attached hydrogen (secondary N) is 3. The Morgan fingerprint density at radius 2 is 1.93 bits per heavy atom. The van der Waals surface area contributed by atoms with Gasteiger partial charge in [0.15, 0.2) is 5.96 Å². The predicted octanol–water partition coefficient (Wildman–Crippen LogP) is 3.56. The molecule has 0 atom stereocenters. The van der Waals surface area contributed by atoms with Gasteiger partial charge in [-0.25, -0.2) is 0 Å². The van der Waals surface area contributed by atoms with Crippen LogP contribution in [0.3, 0.4) is 0 Å². The molecule has 1 aliphatic carbocycles. The number of benzene rings is 2. The van der Waals surface area contributed by atoms with Crippen LogP contribution in [-0.2, 0) is 11.3 Å². The number of carbonyl (C=O) groups is 1. The van der Waals surface area contributed by atoms with Crippen LogP contribution in [0, 0.1) is 5.92 Å². The van der Waals surface area contributed by atoms with Crippen molar-refractivity contribution < 1.29 is 9.53 Å². The van der Waals surface area contributed by atoms with Gasteiger partial charge in [0, 0.05) is 31.7 Å². The highest BCUT2D eigenvalue weighted by Crippen LogP contribution is 2.27. The molecule has 2 aromatic rings. The zero-order chi connectivity index (χ0) is 20.3. The third-order valence-corrected chi connectivity index (χ3v) is 4.98. The summed E-state index contributed by atoms with van der Waals surface area (Å²) >= 11 is 0. The first-order valence-corrected chi connectivity index (χ1v) is 10.3. The maximum atomic E-state index is 12.1. The summed E-state index contributed by atoms with van der Waals surface area (Å²) in [5.74, 6) is 1.95. The number of aliphatic imine (C=N–C) groups is 1. The van der Waals surface area contributed by atoms with E-state index in [0.717, 1.165) is 55.2 Å². The second-order valence-corrected chi connectivity index (χ2v) is 7.19. The summed E-state index contributed by atoms with van der Waals surface area (Å²) in [6.45, 7) is 2.05. The molecule has 6 nitrogen and oxygen atoms in total. The van der Waals surface area contributed by atoms with E-state index in [-0.39, 0.29) is 11.8 Å². The Labute approximate surface area is 172 Å². The Morgan fingerprint density at radius 1 is 1.10 bits per heavy atom. The average Bonchev–Trinajstić information content (AvgIpc) is 2.70. The summed E-state index contributed by atoms with van der Waals surface area (Å²) in [5.41, 5.74) is 1.94. The van der Waals surface area contributed by atoms with Crippen LogP contribution in [0.2, 0.25) is 0 Å². The Bertz CT molecular complexity index is 804. The third kappa shape index (κ3) is 6.82. The number of hydrogen-bond acceptors (Lipinski definition) is 3. The molecule has 0 heterocycles. The van der Waals surface area contributed by atoms with Gasteiger partial charge in [-0.3, -0.25) is 9.79 Å². The second-order valence-electron chi connectivity index (χ2n) is 7.19. The molecule has 0 spiro atoms. The lowest BCUT2D eigenvalue weighted by Gasteiger charge is -2.24. The van der Waals surface area contributed by atoms with Gasteiger partial charge in [-0.05, 0) is 49.1 Å². The lowest BCUT2D eigenvalue weighted by molar-refractivity contribution is -0.122. The molecular formula is C23H30N4O2. The highest BCUT2D eigenvalue weighted by atomic mass is 16.5. The first-order valence-electron chi connectivity index (χ1n) is 10.3. The lowest BCUT2D eigenvalue weighted by Crippen LogP contribution is -2.37. The summed E-state index contributed by atoms with van der Waals surface area (Å²) < 4.78 is 5.69. The number of amides is 1. The Balaban J connectivity index is 1.36. The van der Waals surface area contributed by atoms with E-state index in [2.05, 4.69) is 20.9 Å².